The summed E-state index contributed by atoms with van der Waals surface area (Å²) in [6.07, 6.45) is 3.51. The van der Waals surface area contributed by atoms with Gasteiger partial charge in [-0.25, -0.2) is 0 Å². The topological polar surface area (TPSA) is 40.6 Å². The minimum Gasteiger partial charge on any atom is -0.309 e. The molecule has 0 aliphatic heterocycles. The molecule has 5 heteroatoms. The van der Waals surface area contributed by atoms with Crippen LogP contribution in [0.2, 0.25) is 0 Å². The van der Waals surface area contributed by atoms with Gasteiger partial charge in [-0.2, -0.15) is 0 Å². The van der Waals surface area contributed by atoms with Crippen molar-refractivity contribution in [2.45, 2.75) is 38.5 Å². The Labute approximate surface area is 456 Å². The van der Waals surface area contributed by atoms with Gasteiger partial charge in [0.25, 0.3) is 0 Å². The number of hydrogen-bond acceptors (Lipinski definition) is 2. The Balaban J connectivity index is 0.838. The second kappa shape index (κ2) is 15.9. The summed E-state index contributed by atoms with van der Waals surface area (Å²) in [4.78, 5) is 9.21. The van der Waals surface area contributed by atoms with Crippen molar-refractivity contribution >= 4 is 76.5 Å². The predicted molar refractivity (Wildman–Crippen MR) is 329 cm³/mol. The van der Waals surface area contributed by atoms with Crippen LogP contribution in [-0.4, -0.2) is 23.7 Å². The van der Waals surface area contributed by atoms with E-state index in [2.05, 4.69) is 276 Å². The highest BCUT2D eigenvalue weighted by atomic mass is 15.0. The van der Waals surface area contributed by atoms with Crippen LogP contribution < -0.4 is 0 Å². The minimum atomic E-state index is -0.129. The zero-order valence-corrected chi connectivity index (χ0v) is 44.3. The molecule has 17 rings (SSSR count). The molecule has 0 atom stereocenters. The van der Waals surface area contributed by atoms with Gasteiger partial charge < -0.3 is 13.7 Å². The average Bonchev–Trinajstić information content (AvgIpc) is 4.41. The van der Waals surface area contributed by atoms with Gasteiger partial charge in [0, 0.05) is 72.6 Å². The van der Waals surface area contributed by atoms with E-state index < -0.39 is 0 Å². The molecule has 11 aromatic carbocycles. The first-order valence-corrected chi connectivity index (χ1v) is 27.5. The molecule has 5 nitrogen and oxygen atoms in total. The summed E-state index contributed by atoms with van der Waals surface area (Å²) < 4.78 is 7.32. The number of para-hydroxylation sites is 2. The fourth-order valence-electron chi connectivity index (χ4n) is 14.3. The van der Waals surface area contributed by atoms with Crippen LogP contribution in [0.1, 0.15) is 49.9 Å². The maximum Gasteiger partial charge on any atom is 0.0907 e. The van der Waals surface area contributed by atoms with Gasteiger partial charge in [0.2, 0.25) is 0 Å². The van der Waals surface area contributed by atoms with E-state index in [0.717, 1.165) is 27.8 Å². The van der Waals surface area contributed by atoms with Crippen LogP contribution in [0.4, 0.5) is 0 Å². The van der Waals surface area contributed by atoms with E-state index in [4.69, 9.17) is 0 Å². The SMILES string of the molecule is CC1(C)c2ccccc2-c2ccc(-n3c4ccccc4c4cc(-c5ccc6c(c5)c5cc(-c7ccc8c(c7)c7ccccc7n8-c7ccc8nccnc8c7)ccc5n6-c5ccc6c(c5)C(C)(C)c5ccccc5-6)ccc43)cc21. The van der Waals surface area contributed by atoms with E-state index in [0.29, 0.717) is 0 Å². The lowest BCUT2D eigenvalue weighted by Crippen LogP contribution is -2.15. The molecule has 0 spiro atoms. The summed E-state index contributed by atoms with van der Waals surface area (Å²) in [6, 6.07) is 84.3. The Morgan fingerprint density at radius 1 is 0.266 bits per heavy atom. The molecule has 0 fully saturated rings. The molecule has 2 aliphatic rings. The molecule has 372 valence electrons. The molecule has 0 N–H and O–H groups in total. The quantitative estimate of drug-likeness (QED) is 0.172. The first kappa shape index (κ1) is 44.3. The van der Waals surface area contributed by atoms with E-state index in [1.54, 1.807) is 12.4 Å². The maximum atomic E-state index is 4.66. The van der Waals surface area contributed by atoms with E-state index in [-0.39, 0.29) is 10.8 Å². The molecule has 0 saturated heterocycles. The Morgan fingerprint density at radius 2 is 0.608 bits per heavy atom. The van der Waals surface area contributed by atoms with Crippen molar-refractivity contribution in [2.24, 2.45) is 0 Å². The number of rotatable bonds is 5. The summed E-state index contributed by atoms with van der Waals surface area (Å²) in [6.45, 7) is 9.47. The Kier molecular flexibility index (Phi) is 8.90. The van der Waals surface area contributed by atoms with Crippen LogP contribution in [0, 0.1) is 0 Å². The van der Waals surface area contributed by atoms with Crippen LogP contribution in [0.15, 0.2) is 237 Å². The summed E-state index contributed by atoms with van der Waals surface area (Å²) >= 11 is 0. The van der Waals surface area contributed by atoms with Gasteiger partial charge in [0.15, 0.2) is 0 Å². The van der Waals surface area contributed by atoms with Gasteiger partial charge >= 0.3 is 0 Å². The molecule has 15 aromatic rings. The van der Waals surface area contributed by atoms with Gasteiger partial charge in [0.05, 0.1) is 44.1 Å². The van der Waals surface area contributed by atoms with E-state index in [1.807, 2.05) is 0 Å². The van der Waals surface area contributed by atoms with Crippen molar-refractivity contribution in [2.75, 3.05) is 0 Å². The first-order chi connectivity index (χ1) is 38.7. The summed E-state index contributed by atoms with van der Waals surface area (Å²) in [5.74, 6) is 0. The number of hydrogen-bond donors (Lipinski definition) is 0. The number of fused-ring (bicyclic) bond motifs is 16. The molecule has 0 bridgehead atoms. The van der Waals surface area contributed by atoms with E-state index in [9.17, 15) is 0 Å². The third-order valence-corrected chi connectivity index (χ3v) is 18.1. The number of nitrogens with zero attached hydrogens (tertiary/aromatic N) is 5. The summed E-state index contributed by atoms with van der Waals surface area (Å²) in [5, 5.41) is 7.35. The van der Waals surface area contributed by atoms with Crippen LogP contribution >= 0.6 is 0 Å². The Hall–Kier alpha value is -9.84. The molecule has 0 saturated carbocycles. The second-order valence-electron chi connectivity index (χ2n) is 23.0. The standard InChI is InChI=1S/C74H51N5/c1-73(2)61-17-9-5-13-51(61)53-28-25-48(41-63(53)73)77-67-19-11-7-15-55(67)57-37-44(21-31-69(57)77)46-23-33-71-59(39-46)60-40-47(24-34-72(60)78(71)49-26-29-54-52-14-6-10-18-62(52)74(3,4)64(54)42-49)45-22-32-70-58(38-45)56-16-8-12-20-68(56)79(70)50-27-30-65-66(43-50)76-36-35-75-65/h5-43H,1-4H3. The largest absolute Gasteiger partial charge is 0.309 e. The summed E-state index contributed by atoms with van der Waals surface area (Å²) in [7, 11) is 0. The van der Waals surface area contributed by atoms with Gasteiger partial charge in [-0.1, -0.05) is 149 Å². The monoisotopic (exact) mass is 1010 g/mol. The first-order valence-electron chi connectivity index (χ1n) is 27.5. The highest BCUT2D eigenvalue weighted by Crippen LogP contribution is 2.52. The minimum absolute atomic E-state index is 0.0930. The molecular formula is C74H51N5. The second-order valence-corrected chi connectivity index (χ2v) is 23.0. The van der Waals surface area contributed by atoms with Crippen molar-refractivity contribution in [3.05, 3.63) is 259 Å². The fourth-order valence-corrected chi connectivity index (χ4v) is 14.3. The summed E-state index contributed by atoms with van der Waals surface area (Å²) in [5.41, 5.74) is 27.6. The molecule has 0 radical (unpaired) electrons. The van der Waals surface area contributed by atoms with E-state index in [1.165, 1.54) is 133 Å². The smallest absolute Gasteiger partial charge is 0.0907 e. The van der Waals surface area contributed by atoms with Gasteiger partial charge in [-0.05, 0) is 170 Å². The Morgan fingerprint density at radius 3 is 1.06 bits per heavy atom. The maximum absolute atomic E-state index is 4.66. The van der Waals surface area contributed by atoms with Crippen molar-refractivity contribution in [1.29, 1.82) is 0 Å². The van der Waals surface area contributed by atoms with Gasteiger partial charge in [-0.3, -0.25) is 9.97 Å². The van der Waals surface area contributed by atoms with Crippen LogP contribution in [-0.2, 0) is 10.8 Å². The van der Waals surface area contributed by atoms with Gasteiger partial charge in [0.1, 0.15) is 0 Å². The Bertz CT molecular complexity index is 5150. The lowest BCUT2D eigenvalue weighted by molar-refractivity contribution is 0.660. The predicted octanol–water partition coefficient (Wildman–Crippen LogP) is 18.9. The lowest BCUT2D eigenvalue weighted by atomic mass is 9.82. The molecule has 4 aromatic heterocycles. The lowest BCUT2D eigenvalue weighted by Gasteiger charge is -2.22. The van der Waals surface area contributed by atoms with Crippen LogP contribution in [0.5, 0.6) is 0 Å². The highest BCUT2D eigenvalue weighted by molar-refractivity contribution is 6.15. The molecule has 0 amide bonds. The highest BCUT2D eigenvalue weighted by Gasteiger charge is 2.37. The van der Waals surface area contributed by atoms with Crippen molar-refractivity contribution in [1.82, 2.24) is 23.7 Å². The third-order valence-electron chi connectivity index (χ3n) is 18.1. The average molecular weight is 1010 g/mol. The molecule has 79 heavy (non-hydrogen) atoms. The third kappa shape index (κ3) is 6.16. The van der Waals surface area contributed by atoms with E-state index >= 15 is 0 Å². The zero-order valence-electron chi connectivity index (χ0n) is 44.3. The molecule has 4 heterocycles. The van der Waals surface area contributed by atoms with Crippen LogP contribution in [0.3, 0.4) is 0 Å². The van der Waals surface area contributed by atoms with Crippen molar-refractivity contribution < 1.29 is 0 Å². The zero-order chi connectivity index (χ0) is 52.5. The molecular weight excluding hydrogens is 959 g/mol. The normalized spacial score (nSPS) is 14.0. The van der Waals surface area contributed by atoms with Gasteiger partial charge in [-0.15, -0.1) is 0 Å². The number of aromatic nitrogens is 5. The molecule has 0 unspecified atom stereocenters. The number of benzene rings is 11. The van der Waals surface area contributed by atoms with Crippen LogP contribution in [0.25, 0.3) is 138 Å². The van der Waals surface area contributed by atoms with Crippen molar-refractivity contribution in [3.63, 3.8) is 0 Å². The molecule has 2 aliphatic carbocycles. The van der Waals surface area contributed by atoms with Crippen molar-refractivity contribution in [3.8, 4) is 61.6 Å². The fraction of sp³-hybridized carbons (Fsp3) is 0.0811.